The number of hydrogen-bond donors (Lipinski definition) is 0. The molecule has 0 aliphatic carbocycles. The molecule has 0 unspecified atom stereocenters. The molecule has 3 aromatic rings. The van der Waals surface area contributed by atoms with E-state index < -0.39 is 46.2 Å². The fourth-order valence-electron chi connectivity index (χ4n) is 3.97. The number of hydrogen-bond acceptors (Lipinski definition) is 9. The standard InChI is InChI=1S/C35H43O9S/c1-22-20-28(21-23(2)29(22)41-32(38)44-35(9,10)11)45(26-16-12-24(13-17-26)39-30(36)42-33(3,4)5)27-18-14-25(15-19-27)40-31(37)43-34(6,7)8/h12-21H,1-11H3/q+1. The van der Waals surface area contributed by atoms with Gasteiger partial charge in [-0.15, -0.1) is 0 Å². The summed E-state index contributed by atoms with van der Waals surface area (Å²) in [5.41, 5.74) is -0.550. The van der Waals surface area contributed by atoms with Crippen molar-refractivity contribution in [2.45, 2.75) is 108 Å². The van der Waals surface area contributed by atoms with Crippen LogP contribution in [0.5, 0.6) is 17.2 Å². The molecule has 0 N–H and O–H groups in total. The van der Waals surface area contributed by atoms with Crippen LogP contribution in [0, 0.1) is 13.8 Å². The first-order valence-corrected chi connectivity index (χ1v) is 15.7. The fraction of sp³-hybridized carbons (Fsp3) is 0.400. The third-order valence-corrected chi connectivity index (χ3v) is 7.74. The number of rotatable bonds is 6. The van der Waals surface area contributed by atoms with E-state index in [4.69, 9.17) is 28.4 Å². The average molecular weight is 640 g/mol. The van der Waals surface area contributed by atoms with Crippen molar-refractivity contribution in [1.29, 1.82) is 0 Å². The lowest BCUT2D eigenvalue weighted by Gasteiger charge is -2.20. The molecule has 0 spiro atoms. The Morgan fingerprint density at radius 2 is 0.800 bits per heavy atom. The predicted octanol–water partition coefficient (Wildman–Crippen LogP) is 9.34. The summed E-state index contributed by atoms with van der Waals surface area (Å²) in [5.74, 6) is 1.11. The highest BCUT2D eigenvalue weighted by Crippen LogP contribution is 2.37. The van der Waals surface area contributed by atoms with Crippen LogP contribution in [0.3, 0.4) is 0 Å². The van der Waals surface area contributed by atoms with Gasteiger partial charge in [0.2, 0.25) is 0 Å². The number of aryl methyl sites for hydroxylation is 2. The van der Waals surface area contributed by atoms with Crippen molar-refractivity contribution < 1.29 is 42.8 Å². The van der Waals surface area contributed by atoms with Crippen molar-refractivity contribution in [3.05, 3.63) is 71.8 Å². The van der Waals surface area contributed by atoms with E-state index in [1.54, 1.807) is 86.6 Å². The predicted molar refractivity (Wildman–Crippen MR) is 172 cm³/mol. The summed E-state index contributed by atoms with van der Waals surface area (Å²) in [6.45, 7) is 19.6. The Kier molecular flexibility index (Phi) is 10.9. The second kappa shape index (κ2) is 13.9. The van der Waals surface area contributed by atoms with Gasteiger partial charge >= 0.3 is 18.5 Å². The smallest absolute Gasteiger partial charge is 0.428 e. The maximum Gasteiger partial charge on any atom is 0.514 e. The largest absolute Gasteiger partial charge is 0.514 e. The molecule has 0 saturated heterocycles. The minimum atomic E-state index is -0.790. The first-order valence-electron chi connectivity index (χ1n) is 14.5. The molecule has 0 radical (unpaired) electrons. The molecule has 3 rings (SSSR count). The summed E-state index contributed by atoms with van der Waals surface area (Å²) in [4.78, 5) is 39.6. The monoisotopic (exact) mass is 639 g/mol. The van der Waals surface area contributed by atoms with Gasteiger partial charge in [-0.25, -0.2) is 14.4 Å². The van der Waals surface area contributed by atoms with E-state index >= 15 is 0 Å². The molecular weight excluding hydrogens is 596 g/mol. The van der Waals surface area contributed by atoms with Gasteiger partial charge in [0.1, 0.15) is 34.1 Å². The Morgan fingerprint density at radius 3 is 1.11 bits per heavy atom. The van der Waals surface area contributed by atoms with Crippen molar-refractivity contribution in [2.24, 2.45) is 0 Å². The van der Waals surface area contributed by atoms with Gasteiger partial charge in [-0.05, 0) is 136 Å². The normalized spacial score (nSPS) is 11.9. The quantitative estimate of drug-likeness (QED) is 0.113. The second-order valence-electron chi connectivity index (χ2n) is 13.3. The molecule has 45 heavy (non-hydrogen) atoms. The molecule has 0 aliphatic rings. The van der Waals surface area contributed by atoms with Crippen LogP contribution in [0.2, 0.25) is 0 Å². The van der Waals surface area contributed by atoms with Gasteiger partial charge in [0, 0.05) is 12.1 Å². The molecule has 10 heteroatoms. The highest BCUT2D eigenvalue weighted by Gasteiger charge is 2.31. The first kappa shape index (κ1) is 35.3. The van der Waals surface area contributed by atoms with Crippen LogP contribution >= 0.6 is 0 Å². The van der Waals surface area contributed by atoms with Crippen molar-refractivity contribution in [1.82, 2.24) is 0 Å². The molecule has 0 bridgehead atoms. The van der Waals surface area contributed by atoms with Crippen LogP contribution in [0.1, 0.15) is 73.4 Å². The van der Waals surface area contributed by atoms with Gasteiger partial charge in [-0.2, -0.15) is 0 Å². The van der Waals surface area contributed by atoms with E-state index in [2.05, 4.69) is 0 Å². The van der Waals surface area contributed by atoms with Crippen LogP contribution < -0.4 is 14.2 Å². The fourth-order valence-corrected chi connectivity index (χ4v) is 6.20. The molecule has 0 saturated carbocycles. The Morgan fingerprint density at radius 1 is 0.489 bits per heavy atom. The highest BCUT2D eigenvalue weighted by molar-refractivity contribution is 7.97. The van der Waals surface area contributed by atoms with E-state index in [1.807, 2.05) is 50.2 Å². The number of carbonyl (C=O) groups excluding carboxylic acids is 3. The molecule has 0 atom stereocenters. The molecule has 242 valence electrons. The Hall–Kier alpha value is -4.18. The number of carbonyl (C=O) groups is 3. The Bertz CT molecular complexity index is 1410. The van der Waals surface area contributed by atoms with Crippen LogP contribution in [-0.2, 0) is 25.1 Å². The maximum absolute atomic E-state index is 12.4. The van der Waals surface area contributed by atoms with Crippen LogP contribution in [0.4, 0.5) is 14.4 Å². The van der Waals surface area contributed by atoms with Gasteiger partial charge in [-0.3, -0.25) is 0 Å². The van der Waals surface area contributed by atoms with Gasteiger partial charge in [-0.1, -0.05) is 0 Å². The molecule has 0 aliphatic heterocycles. The first-order chi connectivity index (χ1) is 20.7. The molecule has 0 fully saturated rings. The van der Waals surface area contributed by atoms with E-state index in [0.717, 1.165) is 25.8 Å². The van der Waals surface area contributed by atoms with Crippen molar-refractivity contribution >= 4 is 29.4 Å². The number of benzene rings is 3. The summed E-state index contributed by atoms with van der Waals surface area (Å²) < 4.78 is 32.2. The molecule has 0 heterocycles. The zero-order valence-electron chi connectivity index (χ0n) is 27.9. The SMILES string of the molecule is Cc1cc([S+](c2ccc(OC(=O)OC(C)(C)C)cc2)c2ccc(OC(=O)OC(C)(C)C)cc2)cc(C)c1OC(=O)OC(C)(C)C. The minimum absolute atomic E-state index is 0.339. The van der Waals surface area contributed by atoms with E-state index in [-0.39, 0.29) is 0 Å². The zero-order chi connectivity index (χ0) is 33.7. The Balaban J connectivity index is 1.98. The lowest BCUT2D eigenvalue weighted by molar-refractivity contribution is 0.0191. The van der Waals surface area contributed by atoms with Crippen molar-refractivity contribution in [3.63, 3.8) is 0 Å². The van der Waals surface area contributed by atoms with Crippen LogP contribution in [0.15, 0.2) is 75.4 Å². The third kappa shape index (κ3) is 11.4. The molecule has 0 aromatic heterocycles. The van der Waals surface area contributed by atoms with Crippen LogP contribution in [0.25, 0.3) is 0 Å². The van der Waals surface area contributed by atoms with Crippen LogP contribution in [-0.4, -0.2) is 35.3 Å². The van der Waals surface area contributed by atoms with Gasteiger partial charge < -0.3 is 28.4 Å². The van der Waals surface area contributed by atoms with Gasteiger partial charge in [0.15, 0.2) is 14.7 Å². The molecule has 9 nitrogen and oxygen atoms in total. The summed E-state index contributed by atoms with van der Waals surface area (Å²) in [7, 11) is -0.661. The highest BCUT2D eigenvalue weighted by atomic mass is 32.2. The van der Waals surface area contributed by atoms with E-state index in [1.165, 1.54) is 0 Å². The Labute approximate surface area is 268 Å². The lowest BCUT2D eigenvalue weighted by atomic mass is 10.1. The molecule has 3 aromatic carbocycles. The second-order valence-corrected chi connectivity index (χ2v) is 15.4. The minimum Gasteiger partial charge on any atom is -0.428 e. The number of ether oxygens (including phenoxy) is 6. The lowest BCUT2D eigenvalue weighted by Crippen LogP contribution is -2.26. The third-order valence-electron chi connectivity index (χ3n) is 5.54. The zero-order valence-corrected chi connectivity index (χ0v) is 28.7. The van der Waals surface area contributed by atoms with Crippen molar-refractivity contribution in [2.75, 3.05) is 0 Å². The summed E-state index contributed by atoms with van der Waals surface area (Å²) in [5, 5.41) is 0. The summed E-state index contributed by atoms with van der Waals surface area (Å²) in [6, 6.07) is 18.3. The molecular formula is C35H43O9S+. The summed E-state index contributed by atoms with van der Waals surface area (Å²) in [6.07, 6.45) is -2.36. The maximum atomic E-state index is 12.4. The van der Waals surface area contributed by atoms with E-state index in [9.17, 15) is 14.4 Å². The average Bonchev–Trinajstić information content (AvgIpc) is 2.85. The molecule has 0 amide bonds. The van der Waals surface area contributed by atoms with E-state index in [0.29, 0.717) is 17.2 Å². The van der Waals surface area contributed by atoms with Gasteiger partial charge in [0.05, 0.1) is 10.9 Å². The summed E-state index contributed by atoms with van der Waals surface area (Å²) >= 11 is 0. The van der Waals surface area contributed by atoms with Crippen molar-refractivity contribution in [3.8, 4) is 17.2 Å². The van der Waals surface area contributed by atoms with Gasteiger partial charge in [0.25, 0.3) is 0 Å². The topological polar surface area (TPSA) is 107 Å².